The number of hydrogen-bond donors (Lipinski definition) is 0. The van der Waals surface area contributed by atoms with Crippen LogP contribution >= 0.6 is 0 Å². The first-order chi connectivity index (χ1) is 3.46. The van der Waals surface area contributed by atoms with Gasteiger partial charge in [-0.1, -0.05) is 0 Å². The molecule has 10 heteroatoms. The van der Waals surface area contributed by atoms with Crippen molar-refractivity contribution in [3.05, 3.63) is 0 Å². The zero-order valence-electron chi connectivity index (χ0n) is 4.68. The van der Waals surface area contributed by atoms with Gasteiger partial charge < -0.3 is 18.2 Å². The fourth-order valence-corrected chi connectivity index (χ4v) is 0. The number of rotatable bonds is 0. The van der Waals surface area contributed by atoms with Gasteiger partial charge in [0.25, 0.3) is 0 Å². The topological polar surface area (TPSA) is 126 Å². The van der Waals surface area contributed by atoms with Crippen LogP contribution < -0.4 is 0 Å². The average molecular weight is 266 g/mol. The van der Waals surface area contributed by atoms with Crippen molar-refractivity contribution in [3.63, 3.8) is 0 Å². The molecule has 0 aromatic heterocycles. The first-order valence-corrected chi connectivity index (χ1v) is 3.00. The Bertz CT molecular complexity index is 73.7. The summed E-state index contributed by atoms with van der Waals surface area (Å²) in [6.07, 6.45) is 0. The molecule has 10 heavy (non-hydrogen) atoms. The van der Waals surface area contributed by atoms with Crippen LogP contribution in [0.4, 0.5) is 0 Å². The Morgan fingerprint density at radius 3 is 0.800 bits per heavy atom. The van der Waals surface area contributed by atoms with Gasteiger partial charge in [-0.2, -0.15) is 0 Å². The molecular weight excluding hydrogens is 266 g/mol. The van der Waals surface area contributed by atoms with Gasteiger partial charge in [0.15, 0.2) is 0 Å². The second kappa shape index (κ2) is 17.2. The minimum absolute atomic E-state index is 0. The van der Waals surface area contributed by atoms with Crippen LogP contribution in [0.3, 0.4) is 0 Å². The first kappa shape index (κ1) is 22.7. The van der Waals surface area contributed by atoms with Gasteiger partial charge >= 0.3 is 57.2 Å². The van der Waals surface area contributed by atoms with Crippen LogP contribution in [0.25, 0.3) is 0 Å². The third kappa shape index (κ3) is 199. The minimum atomic E-state index is -3.11. The molecule has 0 bridgehead atoms. The van der Waals surface area contributed by atoms with Crippen molar-refractivity contribution in [3.8, 4) is 0 Å². The van der Waals surface area contributed by atoms with E-state index in [1.54, 1.807) is 0 Å². The maximum Gasteiger partial charge on any atom is 2.00 e. The van der Waals surface area contributed by atoms with Gasteiger partial charge in [-0.25, -0.2) is 0 Å². The molecule has 52 valence electrons. The molecule has 0 amide bonds. The predicted octanol–water partition coefficient (Wildman–Crippen LogP) is -2.39. The van der Waals surface area contributed by atoms with Crippen LogP contribution in [0.2, 0.25) is 0 Å². The van der Waals surface area contributed by atoms with Crippen LogP contribution in [0.1, 0.15) is 0 Å². The molecule has 0 saturated heterocycles. The Morgan fingerprint density at radius 2 is 0.800 bits per heavy atom. The van der Waals surface area contributed by atoms with Gasteiger partial charge in [0.2, 0.25) is 0 Å². The van der Waals surface area contributed by atoms with Crippen molar-refractivity contribution in [1.82, 2.24) is 0 Å². The molecule has 0 atom stereocenters. The van der Waals surface area contributed by atoms with E-state index in [4.69, 9.17) is 26.6 Å². The van der Waals surface area contributed by atoms with Crippen LogP contribution in [0, 0.1) is 0 Å². The summed E-state index contributed by atoms with van der Waals surface area (Å²) < 4.78 is 50.7. The fourth-order valence-electron chi connectivity index (χ4n) is 0. The maximum absolute atomic E-state index is 8.44. The van der Waals surface area contributed by atoms with E-state index in [0.29, 0.717) is 0 Å². The van der Waals surface area contributed by atoms with E-state index in [9.17, 15) is 0 Å². The standard InChI is InChI=1S/Ca.2H2O3S.Zn/c;2*1-4(2)3;/h;2*(H2,1,2,3);/q+2;;;+2/p-4. The van der Waals surface area contributed by atoms with Gasteiger partial charge in [0, 0.05) is 0 Å². The summed E-state index contributed by atoms with van der Waals surface area (Å²) in [5.74, 6) is 0. The Hall–Kier alpha value is 2.02. The van der Waals surface area contributed by atoms with Crippen LogP contribution in [0.15, 0.2) is 0 Å². The molecule has 0 saturated carbocycles. The number of hydrogen-bond acceptors (Lipinski definition) is 6. The normalized spacial score (nSPS) is 7.00. The summed E-state index contributed by atoms with van der Waals surface area (Å²) in [5, 5.41) is 0. The van der Waals surface area contributed by atoms with Gasteiger partial charge in [0.1, 0.15) is 0 Å². The average Bonchev–Trinajstić information content (AvgIpc) is 1.25. The molecule has 0 aliphatic carbocycles. The summed E-state index contributed by atoms with van der Waals surface area (Å²) in [6, 6.07) is 0. The monoisotopic (exact) mass is 264 g/mol. The second-order valence-electron chi connectivity index (χ2n) is 0.408. The quantitative estimate of drug-likeness (QED) is 0.355. The van der Waals surface area contributed by atoms with E-state index >= 15 is 0 Å². The molecule has 0 aromatic carbocycles. The van der Waals surface area contributed by atoms with Gasteiger partial charge in [-0.05, 0) is 0 Å². The Balaban J connectivity index is -0.0000000300. The van der Waals surface area contributed by atoms with Crippen molar-refractivity contribution in [2.24, 2.45) is 0 Å². The van der Waals surface area contributed by atoms with E-state index in [0.717, 1.165) is 0 Å². The molecule has 0 aliphatic heterocycles. The Labute approximate surface area is 105 Å². The largest absolute Gasteiger partial charge is 2.00 e. The van der Waals surface area contributed by atoms with Gasteiger partial charge in [-0.3, -0.25) is 8.42 Å². The predicted molar refractivity (Wildman–Crippen MR) is 25.1 cm³/mol. The van der Waals surface area contributed by atoms with Gasteiger partial charge in [0.05, 0.1) is 0 Å². The zero-order chi connectivity index (χ0) is 7.15. The summed E-state index contributed by atoms with van der Waals surface area (Å²) in [4.78, 5) is 0. The van der Waals surface area contributed by atoms with Crippen molar-refractivity contribution in [1.29, 1.82) is 0 Å². The van der Waals surface area contributed by atoms with E-state index in [2.05, 4.69) is 0 Å². The van der Waals surface area contributed by atoms with Crippen molar-refractivity contribution >= 4 is 60.5 Å². The van der Waals surface area contributed by atoms with Crippen molar-refractivity contribution in [2.75, 3.05) is 0 Å². The van der Waals surface area contributed by atoms with Crippen LogP contribution in [-0.4, -0.2) is 64.4 Å². The van der Waals surface area contributed by atoms with E-state index < -0.39 is 22.7 Å². The molecule has 0 fully saturated rings. The molecule has 6 nitrogen and oxygen atoms in total. The maximum atomic E-state index is 8.44. The minimum Gasteiger partial charge on any atom is -0.784 e. The third-order valence-corrected chi connectivity index (χ3v) is 0. The van der Waals surface area contributed by atoms with Crippen molar-refractivity contribution < 1.29 is 46.1 Å². The summed E-state index contributed by atoms with van der Waals surface area (Å²) >= 11 is -6.22. The first-order valence-electron chi connectivity index (χ1n) is 1.00. The molecule has 0 N–H and O–H groups in total. The third-order valence-electron chi connectivity index (χ3n) is 0. The second-order valence-corrected chi connectivity index (χ2v) is 1.22. The fraction of sp³-hybridized carbons (Fsp3) is 0. The van der Waals surface area contributed by atoms with E-state index in [1.807, 2.05) is 0 Å². The summed E-state index contributed by atoms with van der Waals surface area (Å²) in [7, 11) is 0. The Kier molecular flexibility index (Phi) is 39.0. The summed E-state index contributed by atoms with van der Waals surface area (Å²) in [5.41, 5.74) is 0. The molecule has 0 spiro atoms. The van der Waals surface area contributed by atoms with Crippen LogP contribution in [-0.2, 0) is 42.2 Å². The molecule has 0 aliphatic rings. The molecule has 0 rings (SSSR count). The van der Waals surface area contributed by atoms with Gasteiger partial charge in [-0.15, -0.1) is 22.7 Å². The molecule has 0 aromatic rings. The van der Waals surface area contributed by atoms with E-state index in [-0.39, 0.29) is 57.2 Å². The Morgan fingerprint density at radius 1 is 0.800 bits per heavy atom. The van der Waals surface area contributed by atoms with Crippen LogP contribution in [0.5, 0.6) is 0 Å². The van der Waals surface area contributed by atoms with Crippen molar-refractivity contribution in [2.45, 2.75) is 0 Å². The zero-order valence-corrected chi connectivity index (χ0v) is 11.5. The molecule has 0 heterocycles. The molecule has 0 radical (unpaired) electrons. The van der Waals surface area contributed by atoms with E-state index in [1.165, 1.54) is 0 Å². The SMILES string of the molecule is O=S([O-])[O-].O=S([O-])[O-].[Ca+2].[Zn+2]. The molecular formula is CaO6S2Zn. The molecule has 0 unspecified atom stereocenters. The smallest absolute Gasteiger partial charge is 0.784 e. The summed E-state index contributed by atoms with van der Waals surface area (Å²) in [6.45, 7) is 0.